The lowest BCUT2D eigenvalue weighted by Crippen LogP contribution is -2.03. The number of aliphatic hydroxyl groups is 1. The van der Waals surface area contributed by atoms with Gasteiger partial charge in [0.15, 0.2) is 0 Å². The average molecular weight is 236 g/mol. The van der Waals surface area contributed by atoms with E-state index in [1.165, 1.54) is 18.2 Å². The quantitative estimate of drug-likeness (QED) is 0.877. The monoisotopic (exact) mass is 236 g/mol. The maximum absolute atomic E-state index is 12.9. The molecule has 0 bridgehead atoms. The van der Waals surface area contributed by atoms with Crippen LogP contribution in [0.2, 0.25) is 0 Å². The van der Waals surface area contributed by atoms with Crippen LogP contribution in [-0.4, -0.2) is 14.7 Å². The van der Waals surface area contributed by atoms with Gasteiger partial charge in [-0.25, -0.2) is 9.37 Å². The lowest BCUT2D eigenvalue weighted by molar-refractivity contribution is 0.255. The minimum atomic E-state index is -0.387. The summed E-state index contributed by atoms with van der Waals surface area (Å²) < 4.78 is 20.3. The Morgan fingerprint density at radius 2 is 2.29 bits per heavy atom. The fraction of sp³-hybridized carbons (Fsp3) is 0.250. The highest BCUT2D eigenvalue weighted by molar-refractivity contribution is 5.33. The van der Waals surface area contributed by atoms with E-state index in [4.69, 9.17) is 9.84 Å². The van der Waals surface area contributed by atoms with Crippen molar-refractivity contribution in [3.8, 4) is 5.75 Å². The summed E-state index contributed by atoms with van der Waals surface area (Å²) in [5, 5.41) is 9.09. The Kier molecular flexibility index (Phi) is 3.39. The summed E-state index contributed by atoms with van der Waals surface area (Å²) in [6.45, 7) is 0.0770. The predicted molar refractivity (Wildman–Crippen MR) is 59.9 cm³/mol. The van der Waals surface area contributed by atoms with E-state index in [1.54, 1.807) is 12.5 Å². The number of rotatable bonds is 4. The molecular weight excluding hydrogens is 223 g/mol. The van der Waals surface area contributed by atoms with E-state index in [2.05, 4.69) is 4.98 Å². The Bertz CT molecular complexity index is 511. The number of ether oxygens (including phenoxy) is 1. The van der Waals surface area contributed by atoms with Crippen molar-refractivity contribution >= 4 is 0 Å². The highest BCUT2D eigenvalue weighted by atomic mass is 19.1. The Morgan fingerprint density at radius 3 is 2.94 bits per heavy atom. The molecule has 17 heavy (non-hydrogen) atoms. The van der Waals surface area contributed by atoms with Crippen molar-refractivity contribution in [3.63, 3.8) is 0 Å². The molecule has 0 aliphatic heterocycles. The van der Waals surface area contributed by atoms with Crippen LogP contribution in [0.15, 0.2) is 30.7 Å². The second-order valence-electron chi connectivity index (χ2n) is 3.69. The largest absolute Gasteiger partial charge is 0.487 e. The number of benzene rings is 1. The van der Waals surface area contributed by atoms with E-state index in [-0.39, 0.29) is 12.4 Å². The second-order valence-corrected chi connectivity index (χ2v) is 3.69. The number of imidazole rings is 1. The van der Waals surface area contributed by atoms with E-state index < -0.39 is 0 Å². The van der Waals surface area contributed by atoms with Gasteiger partial charge in [0.1, 0.15) is 18.2 Å². The average Bonchev–Trinajstić information content (AvgIpc) is 2.73. The molecule has 5 heteroatoms. The molecule has 0 unspecified atom stereocenters. The number of aliphatic hydroxyl groups excluding tert-OH is 1. The summed E-state index contributed by atoms with van der Waals surface area (Å²) >= 11 is 0. The van der Waals surface area contributed by atoms with Crippen LogP contribution in [0.25, 0.3) is 0 Å². The highest BCUT2D eigenvalue weighted by Crippen LogP contribution is 2.20. The number of aryl methyl sites for hydroxylation is 1. The van der Waals surface area contributed by atoms with Gasteiger partial charge in [-0.05, 0) is 18.2 Å². The van der Waals surface area contributed by atoms with Gasteiger partial charge in [0.05, 0.1) is 24.8 Å². The fourth-order valence-electron chi connectivity index (χ4n) is 1.49. The van der Waals surface area contributed by atoms with E-state index in [0.717, 1.165) is 5.69 Å². The first-order valence-corrected chi connectivity index (χ1v) is 5.18. The van der Waals surface area contributed by atoms with Gasteiger partial charge in [0.25, 0.3) is 0 Å². The number of nitrogens with zero attached hydrogens (tertiary/aromatic N) is 2. The van der Waals surface area contributed by atoms with Crippen LogP contribution >= 0.6 is 0 Å². The standard InChI is InChI=1S/C12H13FN2O2/c1-15-8-14-5-11(15)7-17-12-3-2-10(13)4-9(12)6-16/h2-5,8,16H,6-7H2,1H3. The van der Waals surface area contributed by atoms with Gasteiger partial charge in [-0.2, -0.15) is 0 Å². The van der Waals surface area contributed by atoms with Crippen molar-refractivity contribution in [1.29, 1.82) is 0 Å². The van der Waals surface area contributed by atoms with Crippen molar-refractivity contribution < 1.29 is 14.2 Å². The first-order valence-electron chi connectivity index (χ1n) is 5.18. The van der Waals surface area contributed by atoms with Gasteiger partial charge in [-0.1, -0.05) is 0 Å². The normalized spacial score (nSPS) is 10.5. The van der Waals surface area contributed by atoms with Crippen LogP contribution in [0.3, 0.4) is 0 Å². The molecule has 1 N–H and O–H groups in total. The smallest absolute Gasteiger partial charge is 0.130 e. The third-order valence-electron chi connectivity index (χ3n) is 2.48. The highest BCUT2D eigenvalue weighted by Gasteiger charge is 2.06. The second kappa shape index (κ2) is 4.97. The van der Waals surface area contributed by atoms with Crippen molar-refractivity contribution in [1.82, 2.24) is 9.55 Å². The summed E-state index contributed by atoms with van der Waals surface area (Å²) in [7, 11) is 1.86. The van der Waals surface area contributed by atoms with Crippen molar-refractivity contribution in [2.24, 2.45) is 7.05 Å². The molecule has 1 aromatic carbocycles. The molecule has 0 saturated carbocycles. The van der Waals surface area contributed by atoms with Crippen LogP contribution in [0.1, 0.15) is 11.3 Å². The summed E-state index contributed by atoms with van der Waals surface area (Å²) in [5.74, 6) is 0.0945. The zero-order valence-electron chi connectivity index (χ0n) is 9.43. The molecule has 0 fully saturated rings. The van der Waals surface area contributed by atoms with Gasteiger partial charge in [0, 0.05) is 12.6 Å². The van der Waals surface area contributed by atoms with E-state index in [0.29, 0.717) is 17.9 Å². The number of hydrogen-bond donors (Lipinski definition) is 1. The Balaban J connectivity index is 2.11. The molecule has 2 aromatic rings. The zero-order chi connectivity index (χ0) is 12.3. The summed E-state index contributed by atoms with van der Waals surface area (Å²) in [6.07, 6.45) is 3.37. The van der Waals surface area contributed by atoms with E-state index in [9.17, 15) is 4.39 Å². The number of halogens is 1. The molecule has 2 rings (SSSR count). The molecule has 4 nitrogen and oxygen atoms in total. The van der Waals surface area contributed by atoms with Gasteiger partial charge in [0.2, 0.25) is 0 Å². The van der Waals surface area contributed by atoms with Crippen molar-refractivity contribution in [2.75, 3.05) is 0 Å². The zero-order valence-corrected chi connectivity index (χ0v) is 9.43. The van der Waals surface area contributed by atoms with Crippen molar-refractivity contribution in [3.05, 3.63) is 47.8 Å². The number of hydrogen-bond acceptors (Lipinski definition) is 3. The Hall–Kier alpha value is -1.88. The molecular formula is C12H13FN2O2. The van der Waals surface area contributed by atoms with Gasteiger partial charge in [-0.3, -0.25) is 0 Å². The Labute approximate surface area is 98.3 Å². The van der Waals surface area contributed by atoms with Crippen LogP contribution in [0.5, 0.6) is 5.75 Å². The van der Waals surface area contributed by atoms with E-state index >= 15 is 0 Å². The van der Waals surface area contributed by atoms with Crippen LogP contribution in [0.4, 0.5) is 4.39 Å². The van der Waals surface area contributed by atoms with Crippen LogP contribution < -0.4 is 4.74 Å². The van der Waals surface area contributed by atoms with E-state index in [1.807, 2.05) is 11.6 Å². The third-order valence-corrected chi connectivity index (χ3v) is 2.48. The molecule has 0 aliphatic rings. The summed E-state index contributed by atoms with van der Waals surface area (Å²) in [6, 6.07) is 4.08. The lowest BCUT2D eigenvalue weighted by atomic mass is 10.2. The molecule has 90 valence electrons. The van der Waals surface area contributed by atoms with Gasteiger partial charge in [-0.15, -0.1) is 0 Å². The lowest BCUT2D eigenvalue weighted by Gasteiger charge is -2.10. The molecule has 0 radical (unpaired) electrons. The molecule has 0 saturated heterocycles. The Morgan fingerprint density at radius 1 is 1.47 bits per heavy atom. The first kappa shape index (κ1) is 11.6. The maximum Gasteiger partial charge on any atom is 0.130 e. The molecule has 0 spiro atoms. The topological polar surface area (TPSA) is 47.3 Å². The summed E-state index contributed by atoms with van der Waals surface area (Å²) in [4.78, 5) is 3.96. The molecule has 1 heterocycles. The number of aromatic nitrogens is 2. The third kappa shape index (κ3) is 2.62. The van der Waals surface area contributed by atoms with Crippen molar-refractivity contribution in [2.45, 2.75) is 13.2 Å². The minimum absolute atomic E-state index is 0.252. The van der Waals surface area contributed by atoms with Crippen LogP contribution in [0, 0.1) is 5.82 Å². The maximum atomic E-state index is 12.9. The first-order chi connectivity index (χ1) is 8.20. The van der Waals surface area contributed by atoms with Gasteiger partial charge < -0.3 is 14.4 Å². The van der Waals surface area contributed by atoms with Crippen LogP contribution in [-0.2, 0) is 20.3 Å². The summed E-state index contributed by atoms with van der Waals surface area (Å²) in [5.41, 5.74) is 1.34. The molecule has 0 aliphatic carbocycles. The SMILES string of the molecule is Cn1cncc1COc1ccc(F)cc1CO. The predicted octanol–water partition coefficient (Wildman–Crippen LogP) is 1.63. The fourth-order valence-corrected chi connectivity index (χ4v) is 1.49. The molecule has 0 atom stereocenters. The molecule has 0 amide bonds. The molecule has 1 aromatic heterocycles. The minimum Gasteiger partial charge on any atom is -0.487 e. The van der Waals surface area contributed by atoms with Gasteiger partial charge >= 0.3 is 0 Å².